The second kappa shape index (κ2) is 4.75. The first-order valence-corrected chi connectivity index (χ1v) is 4.88. The van der Waals surface area contributed by atoms with Crippen LogP contribution in [0.15, 0.2) is 30.5 Å². The largest absolute Gasteiger partial charge is 0.348 e. The molecule has 1 heterocycles. The minimum Gasteiger partial charge on any atom is -0.348 e. The minimum atomic E-state index is -1.08. The van der Waals surface area contributed by atoms with Gasteiger partial charge in [0.15, 0.2) is 17.3 Å². The lowest BCUT2D eigenvalue weighted by Crippen LogP contribution is -2.01. The fourth-order valence-electron chi connectivity index (χ4n) is 1.39. The Bertz CT molecular complexity index is 612. The molecule has 1 N–H and O–H groups in total. The van der Waals surface area contributed by atoms with Gasteiger partial charge in [0.25, 0.3) is 0 Å². The molecule has 2 aromatic rings. The summed E-state index contributed by atoms with van der Waals surface area (Å²) in [5.74, 6) is -3.18. The molecule has 0 radical (unpaired) electrons. The molecule has 0 aliphatic carbocycles. The zero-order chi connectivity index (χ0) is 13.1. The molecular weight excluding hydrogens is 243 g/mol. The van der Waals surface area contributed by atoms with Gasteiger partial charge in [-0.3, -0.25) is 0 Å². The highest BCUT2D eigenvalue weighted by atomic mass is 19.1. The lowest BCUT2D eigenvalue weighted by molar-refractivity contribution is 0.549. The molecule has 1 aromatic heterocycles. The van der Waals surface area contributed by atoms with Crippen molar-refractivity contribution in [3.05, 3.63) is 53.6 Å². The quantitative estimate of drug-likeness (QED) is 0.889. The van der Waals surface area contributed by atoms with Crippen molar-refractivity contribution in [3.63, 3.8) is 0 Å². The fourth-order valence-corrected chi connectivity index (χ4v) is 1.39. The second-order valence-electron chi connectivity index (χ2n) is 3.38. The molecule has 1 aromatic carbocycles. The number of anilines is 2. The molecule has 0 aliphatic heterocycles. The van der Waals surface area contributed by atoms with Gasteiger partial charge >= 0.3 is 0 Å². The van der Waals surface area contributed by atoms with E-state index in [0.717, 1.165) is 0 Å². The first-order chi connectivity index (χ1) is 8.61. The van der Waals surface area contributed by atoms with Crippen LogP contribution in [0.2, 0.25) is 0 Å². The van der Waals surface area contributed by atoms with Crippen LogP contribution in [0.3, 0.4) is 0 Å². The van der Waals surface area contributed by atoms with Gasteiger partial charge in [-0.15, -0.1) is 0 Å². The number of pyridine rings is 1. The number of hydrogen-bond donors (Lipinski definition) is 1. The summed E-state index contributed by atoms with van der Waals surface area (Å²) in [5.41, 5.74) is -0.397. The molecule has 6 heteroatoms. The number of hydrogen-bond acceptors (Lipinski definition) is 3. The van der Waals surface area contributed by atoms with Crippen LogP contribution in [0.4, 0.5) is 24.5 Å². The summed E-state index contributed by atoms with van der Waals surface area (Å²) in [6.45, 7) is 0. The predicted molar refractivity (Wildman–Crippen MR) is 58.6 cm³/mol. The van der Waals surface area contributed by atoms with E-state index in [9.17, 15) is 13.2 Å². The van der Waals surface area contributed by atoms with Crippen molar-refractivity contribution < 1.29 is 13.2 Å². The van der Waals surface area contributed by atoms with Crippen molar-refractivity contribution in [2.24, 2.45) is 0 Å². The van der Waals surface area contributed by atoms with Crippen molar-refractivity contribution in [3.8, 4) is 6.07 Å². The van der Waals surface area contributed by atoms with Crippen molar-refractivity contribution in [1.29, 1.82) is 5.26 Å². The normalized spacial score (nSPS) is 9.89. The standard InChI is InChI=1S/C12H6F3N3/c13-7-4-8(14)12(9(15)5-7)18-10-2-1-3-17-11(10)6-16/h1-5,18H. The lowest BCUT2D eigenvalue weighted by atomic mass is 10.2. The van der Waals surface area contributed by atoms with E-state index in [0.29, 0.717) is 12.1 Å². The van der Waals surface area contributed by atoms with Gasteiger partial charge < -0.3 is 5.32 Å². The van der Waals surface area contributed by atoms with E-state index in [1.54, 1.807) is 6.07 Å². The number of benzene rings is 1. The van der Waals surface area contributed by atoms with Crippen molar-refractivity contribution >= 4 is 11.4 Å². The lowest BCUT2D eigenvalue weighted by Gasteiger charge is -2.09. The van der Waals surface area contributed by atoms with Crippen LogP contribution in [-0.4, -0.2) is 4.98 Å². The number of nitriles is 1. The van der Waals surface area contributed by atoms with E-state index in [1.807, 2.05) is 0 Å². The smallest absolute Gasteiger partial charge is 0.163 e. The van der Waals surface area contributed by atoms with Crippen LogP contribution in [0, 0.1) is 28.8 Å². The molecule has 0 fully saturated rings. The Morgan fingerprint density at radius 1 is 1.17 bits per heavy atom. The minimum absolute atomic E-state index is 0.0133. The third-order valence-corrected chi connectivity index (χ3v) is 2.18. The third kappa shape index (κ3) is 2.25. The first-order valence-electron chi connectivity index (χ1n) is 4.88. The molecule has 3 nitrogen and oxygen atoms in total. The molecule has 0 aliphatic rings. The summed E-state index contributed by atoms with van der Waals surface area (Å²) >= 11 is 0. The van der Waals surface area contributed by atoms with Gasteiger partial charge in [-0.2, -0.15) is 5.26 Å². The van der Waals surface area contributed by atoms with E-state index >= 15 is 0 Å². The van der Waals surface area contributed by atoms with Gasteiger partial charge in [0.1, 0.15) is 17.6 Å². The molecule has 0 saturated heterocycles. The average Bonchev–Trinajstić information content (AvgIpc) is 2.34. The molecule has 18 heavy (non-hydrogen) atoms. The maximum absolute atomic E-state index is 13.4. The molecule has 0 bridgehead atoms. The van der Waals surface area contributed by atoms with E-state index < -0.39 is 23.1 Å². The Morgan fingerprint density at radius 2 is 1.83 bits per heavy atom. The number of nitrogens with zero attached hydrogens (tertiary/aromatic N) is 2. The Morgan fingerprint density at radius 3 is 2.44 bits per heavy atom. The summed E-state index contributed by atoms with van der Waals surface area (Å²) in [5, 5.41) is 11.2. The SMILES string of the molecule is N#Cc1ncccc1Nc1c(F)cc(F)cc1F. The van der Waals surface area contributed by atoms with Gasteiger partial charge in [-0.1, -0.05) is 0 Å². The molecular formula is C12H6F3N3. The van der Waals surface area contributed by atoms with E-state index in [1.165, 1.54) is 18.3 Å². The zero-order valence-electron chi connectivity index (χ0n) is 8.92. The van der Waals surface area contributed by atoms with Crippen LogP contribution < -0.4 is 5.32 Å². The van der Waals surface area contributed by atoms with E-state index in [4.69, 9.17) is 5.26 Å². The molecule has 0 saturated carbocycles. The average molecular weight is 249 g/mol. The van der Waals surface area contributed by atoms with Gasteiger partial charge in [0.2, 0.25) is 0 Å². The van der Waals surface area contributed by atoms with Gasteiger partial charge in [-0.05, 0) is 12.1 Å². The third-order valence-electron chi connectivity index (χ3n) is 2.18. The van der Waals surface area contributed by atoms with Crippen LogP contribution in [0.25, 0.3) is 0 Å². The van der Waals surface area contributed by atoms with Crippen LogP contribution in [0.1, 0.15) is 5.69 Å². The van der Waals surface area contributed by atoms with Crippen LogP contribution >= 0.6 is 0 Å². The predicted octanol–water partition coefficient (Wildman–Crippen LogP) is 3.11. The highest BCUT2D eigenvalue weighted by Crippen LogP contribution is 2.25. The highest BCUT2D eigenvalue weighted by Gasteiger charge is 2.13. The van der Waals surface area contributed by atoms with Crippen molar-refractivity contribution in [2.75, 3.05) is 5.32 Å². The zero-order valence-corrected chi connectivity index (χ0v) is 8.92. The summed E-state index contributed by atoms with van der Waals surface area (Å²) in [6, 6.07) is 5.81. The topological polar surface area (TPSA) is 48.7 Å². The number of halogens is 3. The summed E-state index contributed by atoms with van der Waals surface area (Å²) in [4.78, 5) is 3.73. The Balaban J connectivity index is 2.44. The first kappa shape index (κ1) is 11.9. The maximum atomic E-state index is 13.4. The van der Waals surface area contributed by atoms with Crippen molar-refractivity contribution in [1.82, 2.24) is 4.98 Å². The van der Waals surface area contributed by atoms with Crippen LogP contribution in [0.5, 0.6) is 0 Å². The second-order valence-corrected chi connectivity index (χ2v) is 3.38. The fraction of sp³-hybridized carbons (Fsp3) is 0. The molecule has 0 unspecified atom stereocenters. The van der Waals surface area contributed by atoms with Crippen molar-refractivity contribution in [2.45, 2.75) is 0 Å². The highest BCUT2D eigenvalue weighted by molar-refractivity contribution is 5.65. The number of rotatable bonds is 2. The molecule has 90 valence electrons. The van der Waals surface area contributed by atoms with Crippen LogP contribution in [-0.2, 0) is 0 Å². The van der Waals surface area contributed by atoms with E-state index in [-0.39, 0.29) is 11.4 Å². The Labute approximate surface area is 101 Å². The summed E-state index contributed by atoms with van der Waals surface area (Å²) in [6.07, 6.45) is 1.38. The van der Waals surface area contributed by atoms with Gasteiger partial charge in [-0.25, -0.2) is 18.2 Å². The maximum Gasteiger partial charge on any atom is 0.163 e. The Hall–Kier alpha value is -2.55. The molecule has 2 rings (SSSR count). The molecule has 0 amide bonds. The number of nitrogens with one attached hydrogen (secondary N) is 1. The van der Waals surface area contributed by atoms with E-state index in [2.05, 4.69) is 10.3 Å². The van der Waals surface area contributed by atoms with Gasteiger partial charge in [0, 0.05) is 18.3 Å². The molecule has 0 spiro atoms. The molecule has 0 atom stereocenters. The monoisotopic (exact) mass is 249 g/mol. The summed E-state index contributed by atoms with van der Waals surface area (Å²) < 4.78 is 39.5. The number of aromatic nitrogens is 1. The Kier molecular flexibility index (Phi) is 3.15. The van der Waals surface area contributed by atoms with Gasteiger partial charge in [0.05, 0.1) is 5.69 Å². The summed E-state index contributed by atoms with van der Waals surface area (Å²) in [7, 11) is 0.